The van der Waals surface area contributed by atoms with Crippen molar-refractivity contribution in [3.63, 3.8) is 0 Å². The molecule has 136 valence electrons. The van der Waals surface area contributed by atoms with Crippen LogP contribution >= 0.6 is 24.0 Å². The van der Waals surface area contributed by atoms with Crippen molar-refractivity contribution in [1.82, 2.24) is 0 Å². The first-order valence-electron chi connectivity index (χ1n) is 8.99. The van der Waals surface area contributed by atoms with Crippen LogP contribution in [0.5, 0.6) is 0 Å². The third-order valence-electron chi connectivity index (χ3n) is 4.31. The van der Waals surface area contributed by atoms with E-state index in [1.54, 1.807) is 0 Å². The molecule has 1 saturated carbocycles. The average molecular weight is 445 g/mol. The fraction of sp³-hybridized carbons (Fsp3) is 0.632. The van der Waals surface area contributed by atoms with Crippen molar-refractivity contribution in [1.29, 1.82) is 0 Å². The van der Waals surface area contributed by atoms with Crippen molar-refractivity contribution in [2.24, 2.45) is 10.7 Å². The molecule has 5 heteroatoms. The number of hydrogen-bond donors (Lipinski definition) is 2. The van der Waals surface area contributed by atoms with Crippen molar-refractivity contribution < 1.29 is 4.74 Å². The standard InChI is InChI=1S/C19H31N3O.HI/c1-16-10-12-17(13-11-16)22-19(20)21-14-6-3-7-15-23-18-8-4-2-5-9-18;/h10-13,18H,2-9,14-15H2,1H3,(H3,20,21,22);1H. The van der Waals surface area contributed by atoms with Crippen LogP contribution in [0.25, 0.3) is 0 Å². The van der Waals surface area contributed by atoms with Crippen LogP contribution in [0.2, 0.25) is 0 Å². The maximum absolute atomic E-state index is 5.93. The van der Waals surface area contributed by atoms with Crippen molar-refractivity contribution in [2.45, 2.75) is 64.4 Å². The van der Waals surface area contributed by atoms with E-state index in [9.17, 15) is 0 Å². The number of benzene rings is 1. The van der Waals surface area contributed by atoms with Gasteiger partial charge in [-0.15, -0.1) is 24.0 Å². The highest BCUT2D eigenvalue weighted by atomic mass is 127. The molecule has 0 heterocycles. The Kier molecular flexibility index (Phi) is 11.1. The molecule has 3 N–H and O–H groups in total. The predicted molar refractivity (Wildman–Crippen MR) is 113 cm³/mol. The molecule has 0 radical (unpaired) electrons. The third-order valence-corrected chi connectivity index (χ3v) is 4.31. The number of unbranched alkanes of at least 4 members (excludes halogenated alkanes) is 2. The zero-order valence-corrected chi connectivity index (χ0v) is 17.1. The molecular formula is C19H32IN3O. The summed E-state index contributed by atoms with van der Waals surface area (Å²) in [6.07, 6.45) is 10.4. The lowest BCUT2D eigenvalue weighted by Crippen LogP contribution is -2.22. The van der Waals surface area contributed by atoms with Gasteiger partial charge >= 0.3 is 0 Å². The van der Waals surface area contributed by atoms with Gasteiger partial charge in [-0.25, -0.2) is 0 Å². The number of hydrogen-bond acceptors (Lipinski definition) is 2. The lowest BCUT2D eigenvalue weighted by molar-refractivity contribution is 0.0264. The maximum atomic E-state index is 5.93. The minimum Gasteiger partial charge on any atom is -0.378 e. The molecule has 0 atom stereocenters. The fourth-order valence-corrected chi connectivity index (χ4v) is 2.90. The number of aliphatic imine (C=N–C) groups is 1. The lowest BCUT2D eigenvalue weighted by atomic mass is 9.98. The molecule has 0 unspecified atom stereocenters. The highest BCUT2D eigenvalue weighted by Crippen LogP contribution is 2.20. The van der Waals surface area contributed by atoms with Crippen LogP contribution in [0.4, 0.5) is 5.69 Å². The maximum Gasteiger partial charge on any atom is 0.193 e. The monoisotopic (exact) mass is 445 g/mol. The van der Waals surface area contributed by atoms with Gasteiger partial charge in [0.15, 0.2) is 5.96 Å². The van der Waals surface area contributed by atoms with E-state index in [4.69, 9.17) is 10.5 Å². The summed E-state index contributed by atoms with van der Waals surface area (Å²) in [7, 11) is 0. The minimum absolute atomic E-state index is 0. The van der Waals surface area contributed by atoms with E-state index in [2.05, 4.69) is 29.4 Å². The lowest BCUT2D eigenvalue weighted by Gasteiger charge is -2.21. The number of anilines is 1. The van der Waals surface area contributed by atoms with E-state index in [1.807, 2.05) is 12.1 Å². The Balaban J connectivity index is 0.00000288. The van der Waals surface area contributed by atoms with Gasteiger partial charge in [0.1, 0.15) is 0 Å². The predicted octanol–water partition coefficient (Wildman–Crippen LogP) is 4.86. The summed E-state index contributed by atoms with van der Waals surface area (Å²) in [5, 5.41) is 3.12. The molecule has 0 aromatic heterocycles. The Bertz CT molecular complexity index is 470. The van der Waals surface area contributed by atoms with Gasteiger partial charge in [0.05, 0.1) is 6.10 Å². The zero-order valence-electron chi connectivity index (χ0n) is 14.8. The smallest absolute Gasteiger partial charge is 0.193 e. The first kappa shape index (κ1) is 21.2. The van der Waals surface area contributed by atoms with E-state index < -0.39 is 0 Å². The van der Waals surface area contributed by atoms with Crippen LogP contribution in [-0.4, -0.2) is 25.2 Å². The van der Waals surface area contributed by atoms with Crippen LogP contribution in [0, 0.1) is 6.92 Å². The number of ether oxygens (including phenoxy) is 1. The highest BCUT2D eigenvalue weighted by Gasteiger charge is 2.12. The molecule has 1 aromatic rings. The average Bonchev–Trinajstić information content (AvgIpc) is 2.57. The second kappa shape index (κ2) is 12.5. The van der Waals surface area contributed by atoms with Gasteiger partial charge in [-0.05, 0) is 51.2 Å². The summed E-state index contributed by atoms with van der Waals surface area (Å²) >= 11 is 0. The molecule has 0 amide bonds. The second-order valence-electron chi connectivity index (χ2n) is 6.45. The van der Waals surface area contributed by atoms with Crippen molar-refractivity contribution in [2.75, 3.05) is 18.5 Å². The largest absolute Gasteiger partial charge is 0.378 e. The normalized spacial score (nSPS) is 15.8. The topological polar surface area (TPSA) is 59.6 Å². The molecule has 4 nitrogen and oxygen atoms in total. The summed E-state index contributed by atoms with van der Waals surface area (Å²) in [4.78, 5) is 4.37. The Labute approximate surface area is 163 Å². The van der Waals surface area contributed by atoms with Crippen LogP contribution in [0.3, 0.4) is 0 Å². The Morgan fingerprint density at radius 1 is 1.12 bits per heavy atom. The summed E-state index contributed by atoms with van der Waals surface area (Å²) in [5.41, 5.74) is 8.12. The van der Waals surface area contributed by atoms with Gasteiger partial charge in [-0.1, -0.05) is 37.0 Å². The fourth-order valence-electron chi connectivity index (χ4n) is 2.90. The number of guanidine groups is 1. The van der Waals surface area contributed by atoms with E-state index in [0.717, 1.165) is 38.1 Å². The van der Waals surface area contributed by atoms with Crippen LogP contribution in [0.1, 0.15) is 56.9 Å². The van der Waals surface area contributed by atoms with Crippen molar-refractivity contribution >= 4 is 35.6 Å². The first-order chi connectivity index (χ1) is 11.2. The van der Waals surface area contributed by atoms with Crippen molar-refractivity contribution in [3.05, 3.63) is 29.8 Å². The SMILES string of the molecule is Cc1ccc(NC(N)=NCCCCCOC2CCCCC2)cc1.I. The third kappa shape index (κ3) is 8.87. The number of nitrogens with zero attached hydrogens (tertiary/aromatic N) is 1. The Morgan fingerprint density at radius 3 is 2.54 bits per heavy atom. The summed E-state index contributed by atoms with van der Waals surface area (Å²) in [5.74, 6) is 0.493. The minimum atomic E-state index is 0. The number of nitrogens with two attached hydrogens (primary N) is 1. The van der Waals surface area contributed by atoms with E-state index in [1.165, 1.54) is 37.7 Å². The molecule has 0 aliphatic heterocycles. The molecule has 0 saturated heterocycles. The van der Waals surface area contributed by atoms with Gasteiger partial charge in [-0.3, -0.25) is 4.99 Å². The Morgan fingerprint density at radius 2 is 1.83 bits per heavy atom. The van der Waals surface area contributed by atoms with Crippen LogP contribution in [0.15, 0.2) is 29.3 Å². The molecule has 1 aromatic carbocycles. The quantitative estimate of drug-likeness (QED) is 0.260. The molecule has 1 fully saturated rings. The molecule has 0 bridgehead atoms. The van der Waals surface area contributed by atoms with E-state index in [0.29, 0.717) is 12.1 Å². The van der Waals surface area contributed by atoms with Gasteiger partial charge in [0, 0.05) is 18.8 Å². The van der Waals surface area contributed by atoms with Gasteiger partial charge < -0.3 is 15.8 Å². The van der Waals surface area contributed by atoms with Gasteiger partial charge in [-0.2, -0.15) is 0 Å². The van der Waals surface area contributed by atoms with Gasteiger partial charge in [0.2, 0.25) is 0 Å². The summed E-state index contributed by atoms with van der Waals surface area (Å²) in [6, 6.07) is 8.14. The molecule has 24 heavy (non-hydrogen) atoms. The van der Waals surface area contributed by atoms with E-state index in [-0.39, 0.29) is 24.0 Å². The molecule has 1 aliphatic carbocycles. The number of halogens is 1. The second-order valence-corrected chi connectivity index (χ2v) is 6.45. The van der Waals surface area contributed by atoms with Crippen LogP contribution < -0.4 is 11.1 Å². The summed E-state index contributed by atoms with van der Waals surface area (Å²) < 4.78 is 5.93. The first-order valence-corrected chi connectivity index (χ1v) is 8.99. The number of rotatable bonds is 8. The molecule has 2 rings (SSSR count). The molecule has 1 aliphatic rings. The van der Waals surface area contributed by atoms with Crippen LogP contribution in [-0.2, 0) is 4.74 Å². The molecular weight excluding hydrogens is 413 g/mol. The van der Waals surface area contributed by atoms with E-state index >= 15 is 0 Å². The summed E-state index contributed by atoms with van der Waals surface area (Å²) in [6.45, 7) is 3.73. The number of nitrogens with one attached hydrogen (secondary N) is 1. The zero-order chi connectivity index (χ0) is 16.3. The Hall–Kier alpha value is -0.820. The highest BCUT2D eigenvalue weighted by molar-refractivity contribution is 14.0. The van der Waals surface area contributed by atoms with Gasteiger partial charge in [0.25, 0.3) is 0 Å². The molecule has 0 spiro atoms. The van der Waals surface area contributed by atoms with Crippen molar-refractivity contribution in [3.8, 4) is 0 Å². The number of aryl methyl sites for hydroxylation is 1.